The molecule has 3 nitrogen and oxygen atoms in total. The fourth-order valence-electron chi connectivity index (χ4n) is 3.80. The topological polar surface area (TPSA) is 32.5 Å². The minimum absolute atomic E-state index is 0.399. The van der Waals surface area contributed by atoms with Crippen LogP contribution < -0.4 is 5.73 Å². The summed E-state index contributed by atoms with van der Waals surface area (Å²) in [4.78, 5) is 5.07. The smallest absolute Gasteiger partial charge is 0.0320 e. The van der Waals surface area contributed by atoms with Crippen molar-refractivity contribution < 1.29 is 0 Å². The Labute approximate surface area is 116 Å². The molecule has 2 N–H and O–H groups in total. The number of rotatable bonds is 2. The highest BCUT2D eigenvalue weighted by Gasteiger charge is 2.40. The number of fused-ring (bicyclic) bond motifs is 2. The van der Waals surface area contributed by atoms with Gasteiger partial charge in [0.15, 0.2) is 0 Å². The SMILES string of the molecule is CC(c1ccccc1)N1CC2CN(C)CC(C1)C2N. The standard InChI is InChI=1S/C16H25N3/c1-12(13-6-4-3-5-7-13)19-10-14-8-18(2)9-15(11-19)16(14)17/h3-7,12,14-16H,8-11,17H2,1-2H3. The number of nitrogens with two attached hydrogens (primary N) is 1. The molecule has 2 fully saturated rings. The zero-order chi connectivity index (χ0) is 13.4. The maximum atomic E-state index is 6.39. The summed E-state index contributed by atoms with van der Waals surface area (Å²) in [7, 11) is 2.22. The molecule has 104 valence electrons. The van der Waals surface area contributed by atoms with E-state index in [9.17, 15) is 0 Å². The van der Waals surface area contributed by atoms with Crippen molar-refractivity contribution in [3.63, 3.8) is 0 Å². The molecule has 2 aliphatic heterocycles. The molecular formula is C16H25N3. The minimum Gasteiger partial charge on any atom is -0.327 e. The average molecular weight is 259 g/mol. The second kappa shape index (κ2) is 5.23. The number of hydrogen-bond donors (Lipinski definition) is 1. The minimum atomic E-state index is 0.399. The highest BCUT2D eigenvalue weighted by atomic mass is 15.2. The largest absolute Gasteiger partial charge is 0.327 e. The maximum Gasteiger partial charge on any atom is 0.0320 e. The molecule has 0 amide bonds. The van der Waals surface area contributed by atoms with Crippen molar-refractivity contribution in [3.8, 4) is 0 Å². The summed E-state index contributed by atoms with van der Waals surface area (Å²) >= 11 is 0. The summed E-state index contributed by atoms with van der Waals surface area (Å²) < 4.78 is 0. The van der Waals surface area contributed by atoms with Crippen LogP contribution in [-0.2, 0) is 0 Å². The van der Waals surface area contributed by atoms with Crippen LogP contribution in [0.25, 0.3) is 0 Å². The Morgan fingerprint density at radius 3 is 2.21 bits per heavy atom. The molecule has 3 heteroatoms. The molecular weight excluding hydrogens is 234 g/mol. The highest BCUT2D eigenvalue weighted by molar-refractivity contribution is 5.18. The zero-order valence-corrected chi connectivity index (χ0v) is 12.0. The van der Waals surface area contributed by atoms with Gasteiger partial charge in [-0.2, -0.15) is 0 Å². The van der Waals surface area contributed by atoms with Crippen molar-refractivity contribution in [2.24, 2.45) is 17.6 Å². The third-order valence-corrected chi connectivity index (χ3v) is 4.95. The molecule has 0 spiro atoms. The predicted molar refractivity (Wildman–Crippen MR) is 78.9 cm³/mol. The molecule has 19 heavy (non-hydrogen) atoms. The quantitative estimate of drug-likeness (QED) is 0.875. The van der Waals surface area contributed by atoms with Gasteiger partial charge in [-0.3, -0.25) is 4.90 Å². The first-order valence-corrected chi connectivity index (χ1v) is 7.38. The normalized spacial score (nSPS) is 34.2. The molecule has 1 aromatic carbocycles. The van der Waals surface area contributed by atoms with Crippen molar-refractivity contribution >= 4 is 0 Å². The molecule has 2 bridgehead atoms. The van der Waals surface area contributed by atoms with Crippen LogP contribution in [-0.4, -0.2) is 49.1 Å². The second-order valence-corrected chi connectivity index (χ2v) is 6.36. The molecule has 2 aliphatic rings. The van der Waals surface area contributed by atoms with Gasteiger partial charge in [-0.1, -0.05) is 30.3 Å². The molecule has 0 aromatic heterocycles. The number of likely N-dealkylation sites (tertiary alicyclic amines) is 2. The molecule has 1 aromatic rings. The monoisotopic (exact) mass is 259 g/mol. The van der Waals surface area contributed by atoms with Gasteiger partial charge in [0.05, 0.1) is 0 Å². The first-order valence-electron chi connectivity index (χ1n) is 7.38. The van der Waals surface area contributed by atoms with Crippen LogP contribution in [0.4, 0.5) is 0 Å². The van der Waals surface area contributed by atoms with Crippen molar-refractivity contribution in [2.75, 3.05) is 33.2 Å². The van der Waals surface area contributed by atoms with Crippen molar-refractivity contribution in [1.82, 2.24) is 9.80 Å². The summed E-state index contributed by atoms with van der Waals surface area (Å²) in [6, 6.07) is 11.7. The van der Waals surface area contributed by atoms with Crippen LogP contribution in [0.1, 0.15) is 18.5 Å². The zero-order valence-electron chi connectivity index (χ0n) is 12.0. The predicted octanol–water partition coefficient (Wildman–Crippen LogP) is 1.57. The Bertz CT molecular complexity index is 403. The Morgan fingerprint density at radius 2 is 1.63 bits per heavy atom. The van der Waals surface area contributed by atoms with E-state index in [2.05, 4.69) is 54.1 Å². The molecule has 3 rings (SSSR count). The lowest BCUT2D eigenvalue weighted by Crippen LogP contribution is -2.62. The van der Waals surface area contributed by atoms with Gasteiger partial charge < -0.3 is 10.6 Å². The van der Waals surface area contributed by atoms with E-state index in [0.29, 0.717) is 23.9 Å². The van der Waals surface area contributed by atoms with Crippen LogP contribution in [0.2, 0.25) is 0 Å². The van der Waals surface area contributed by atoms with Crippen LogP contribution >= 0.6 is 0 Å². The van der Waals surface area contributed by atoms with E-state index in [0.717, 1.165) is 26.2 Å². The van der Waals surface area contributed by atoms with Gasteiger partial charge in [0.1, 0.15) is 0 Å². The molecule has 3 atom stereocenters. The van der Waals surface area contributed by atoms with Crippen LogP contribution in [0, 0.1) is 11.8 Å². The number of nitrogens with zero attached hydrogens (tertiary/aromatic N) is 2. The van der Waals surface area contributed by atoms with Crippen molar-refractivity contribution in [3.05, 3.63) is 35.9 Å². The van der Waals surface area contributed by atoms with Gasteiger partial charge >= 0.3 is 0 Å². The Kier molecular flexibility index (Phi) is 3.61. The molecule has 0 saturated carbocycles. The Hall–Kier alpha value is -0.900. The van der Waals surface area contributed by atoms with Crippen molar-refractivity contribution in [2.45, 2.75) is 19.0 Å². The van der Waals surface area contributed by atoms with Crippen LogP contribution in [0.3, 0.4) is 0 Å². The van der Waals surface area contributed by atoms with E-state index >= 15 is 0 Å². The first-order chi connectivity index (χ1) is 9.15. The van der Waals surface area contributed by atoms with E-state index in [-0.39, 0.29) is 0 Å². The summed E-state index contributed by atoms with van der Waals surface area (Å²) in [5.74, 6) is 1.26. The van der Waals surface area contributed by atoms with Gasteiger partial charge in [-0.15, -0.1) is 0 Å². The fraction of sp³-hybridized carbons (Fsp3) is 0.625. The van der Waals surface area contributed by atoms with Gasteiger partial charge in [0, 0.05) is 38.3 Å². The highest BCUT2D eigenvalue weighted by Crippen LogP contribution is 2.32. The average Bonchev–Trinajstić information content (AvgIpc) is 2.40. The Balaban J connectivity index is 1.74. The summed E-state index contributed by atoms with van der Waals surface area (Å²) in [6.07, 6.45) is 0. The van der Waals surface area contributed by atoms with Crippen molar-refractivity contribution in [1.29, 1.82) is 0 Å². The van der Waals surface area contributed by atoms with E-state index in [1.54, 1.807) is 0 Å². The van der Waals surface area contributed by atoms with E-state index in [1.807, 2.05) is 0 Å². The molecule has 0 aliphatic carbocycles. The summed E-state index contributed by atoms with van der Waals surface area (Å²) in [6.45, 7) is 6.90. The number of hydrogen-bond acceptors (Lipinski definition) is 3. The summed E-state index contributed by atoms with van der Waals surface area (Å²) in [5, 5.41) is 0. The van der Waals surface area contributed by atoms with Gasteiger partial charge in [-0.05, 0) is 31.4 Å². The lowest BCUT2D eigenvalue weighted by Gasteiger charge is -2.50. The first kappa shape index (κ1) is 13.1. The third-order valence-electron chi connectivity index (χ3n) is 4.95. The van der Waals surface area contributed by atoms with Gasteiger partial charge in [0.2, 0.25) is 0 Å². The number of piperidine rings is 2. The van der Waals surface area contributed by atoms with Crippen LogP contribution in [0.5, 0.6) is 0 Å². The number of benzene rings is 1. The van der Waals surface area contributed by atoms with Gasteiger partial charge in [-0.25, -0.2) is 0 Å². The second-order valence-electron chi connectivity index (χ2n) is 6.36. The fourth-order valence-corrected chi connectivity index (χ4v) is 3.80. The van der Waals surface area contributed by atoms with Crippen LogP contribution in [0.15, 0.2) is 30.3 Å². The molecule has 3 unspecified atom stereocenters. The summed E-state index contributed by atoms with van der Waals surface area (Å²) in [5.41, 5.74) is 7.81. The maximum absolute atomic E-state index is 6.39. The molecule has 0 radical (unpaired) electrons. The Morgan fingerprint density at radius 1 is 1.05 bits per heavy atom. The lowest BCUT2D eigenvalue weighted by atomic mass is 9.79. The van der Waals surface area contributed by atoms with E-state index < -0.39 is 0 Å². The van der Waals surface area contributed by atoms with E-state index in [4.69, 9.17) is 5.73 Å². The van der Waals surface area contributed by atoms with E-state index in [1.165, 1.54) is 5.56 Å². The third kappa shape index (κ3) is 2.55. The lowest BCUT2D eigenvalue weighted by molar-refractivity contribution is 0.00627. The van der Waals surface area contributed by atoms with Gasteiger partial charge in [0.25, 0.3) is 0 Å². The molecule has 2 saturated heterocycles. The molecule has 2 heterocycles.